The number of alkyl halides is 1. The van der Waals surface area contributed by atoms with Crippen LogP contribution in [0.25, 0.3) is 11.1 Å². The Hall–Kier alpha value is -1.91. The standard InChI is InChI=1S/C17H20ClNO3/c1-21-15-6-7-16(17(9-15)22-2)12-4-3-5-13(8-12)19-11-14(20)10-18/h3-9,14,19-20H,10-11H2,1-2H3. The van der Waals surface area contributed by atoms with Gasteiger partial charge in [0.15, 0.2) is 0 Å². The van der Waals surface area contributed by atoms with E-state index in [2.05, 4.69) is 5.32 Å². The molecule has 0 aliphatic carbocycles. The van der Waals surface area contributed by atoms with Crippen molar-refractivity contribution in [2.75, 3.05) is 32.0 Å². The maximum absolute atomic E-state index is 9.52. The highest BCUT2D eigenvalue weighted by molar-refractivity contribution is 6.18. The van der Waals surface area contributed by atoms with E-state index in [-0.39, 0.29) is 5.88 Å². The molecule has 1 unspecified atom stereocenters. The van der Waals surface area contributed by atoms with Crippen molar-refractivity contribution in [3.8, 4) is 22.6 Å². The summed E-state index contributed by atoms with van der Waals surface area (Å²) in [5.74, 6) is 1.70. The molecule has 0 fully saturated rings. The molecule has 0 saturated heterocycles. The van der Waals surface area contributed by atoms with Crippen LogP contribution in [-0.2, 0) is 0 Å². The van der Waals surface area contributed by atoms with Crippen molar-refractivity contribution in [1.29, 1.82) is 0 Å². The number of halogens is 1. The molecular weight excluding hydrogens is 302 g/mol. The Kier molecular flexibility index (Phi) is 5.92. The molecule has 0 aliphatic rings. The lowest BCUT2D eigenvalue weighted by Crippen LogP contribution is -2.20. The Morgan fingerprint density at radius 2 is 1.95 bits per heavy atom. The van der Waals surface area contributed by atoms with Crippen molar-refractivity contribution in [2.45, 2.75) is 6.10 Å². The van der Waals surface area contributed by atoms with Crippen LogP contribution in [0.15, 0.2) is 42.5 Å². The van der Waals surface area contributed by atoms with Crippen molar-refractivity contribution in [3.63, 3.8) is 0 Å². The van der Waals surface area contributed by atoms with Gasteiger partial charge in [0.05, 0.1) is 26.2 Å². The average Bonchev–Trinajstić information content (AvgIpc) is 2.59. The fourth-order valence-electron chi connectivity index (χ4n) is 2.12. The van der Waals surface area contributed by atoms with Gasteiger partial charge in [0.25, 0.3) is 0 Å². The predicted octanol–water partition coefficient (Wildman–Crippen LogP) is 3.38. The first kappa shape index (κ1) is 16.5. The number of hydrogen-bond donors (Lipinski definition) is 2. The van der Waals surface area contributed by atoms with Crippen molar-refractivity contribution >= 4 is 17.3 Å². The summed E-state index contributed by atoms with van der Waals surface area (Å²) in [7, 11) is 3.26. The highest BCUT2D eigenvalue weighted by Crippen LogP contribution is 2.34. The first-order chi connectivity index (χ1) is 10.7. The van der Waals surface area contributed by atoms with E-state index in [1.165, 1.54) is 0 Å². The summed E-state index contributed by atoms with van der Waals surface area (Å²) < 4.78 is 10.7. The summed E-state index contributed by atoms with van der Waals surface area (Å²) in [5.41, 5.74) is 2.91. The van der Waals surface area contributed by atoms with Gasteiger partial charge in [-0.2, -0.15) is 0 Å². The number of aliphatic hydroxyl groups is 1. The lowest BCUT2D eigenvalue weighted by atomic mass is 10.0. The number of nitrogens with one attached hydrogen (secondary N) is 1. The minimum atomic E-state index is -0.569. The Balaban J connectivity index is 2.25. The summed E-state index contributed by atoms with van der Waals surface area (Å²) in [6.45, 7) is 0.409. The zero-order valence-electron chi connectivity index (χ0n) is 12.7. The highest BCUT2D eigenvalue weighted by atomic mass is 35.5. The molecule has 1 atom stereocenters. The molecule has 0 bridgehead atoms. The van der Waals surface area contributed by atoms with Crippen LogP contribution in [0.3, 0.4) is 0 Å². The molecule has 22 heavy (non-hydrogen) atoms. The number of anilines is 1. The Morgan fingerprint density at radius 3 is 2.64 bits per heavy atom. The molecule has 5 heteroatoms. The minimum absolute atomic E-state index is 0.207. The second kappa shape index (κ2) is 7.92. The number of benzene rings is 2. The van der Waals surface area contributed by atoms with E-state index in [0.29, 0.717) is 6.54 Å². The van der Waals surface area contributed by atoms with Crippen LogP contribution in [0.1, 0.15) is 0 Å². The van der Waals surface area contributed by atoms with E-state index in [1.807, 2.05) is 42.5 Å². The van der Waals surface area contributed by atoms with Crippen LogP contribution >= 0.6 is 11.6 Å². The van der Waals surface area contributed by atoms with Gasteiger partial charge in [0, 0.05) is 23.9 Å². The molecule has 0 saturated carbocycles. The van der Waals surface area contributed by atoms with Crippen molar-refractivity contribution in [2.24, 2.45) is 0 Å². The first-order valence-corrected chi connectivity index (χ1v) is 7.51. The summed E-state index contributed by atoms with van der Waals surface area (Å²) in [4.78, 5) is 0. The molecule has 2 rings (SSSR count). The molecule has 0 spiro atoms. The maximum Gasteiger partial charge on any atom is 0.130 e. The van der Waals surface area contributed by atoms with Gasteiger partial charge in [0.1, 0.15) is 11.5 Å². The van der Waals surface area contributed by atoms with Gasteiger partial charge in [-0.25, -0.2) is 0 Å². The van der Waals surface area contributed by atoms with E-state index in [1.54, 1.807) is 14.2 Å². The monoisotopic (exact) mass is 321 g/mol. The van der Waals surface area contributed by atoms with Crippen molar-refractivity contribution in [1.82, 2.24) is 0 Å². The third kappa shape index (κ3) is 4.06. The summed E-state index contributed by atoms with van der Waals surface area (Å²) >= 11 is 5.60. The zero-order valence-corrected chi connectivity index (χ0v) is 13.4. The second-order valence-corrected chi connectivity index (χ2v) is 5.14. The van der Waals surface area contributed by atoms with E-state index >= 15 is 0 Å². The largest absolute Gasteiger partial charge is 0.497 e. The number of aliphatic hydroxyl groups excluding tert-OH is 1. The number of rotatable bonds is 7. The smallest absolute Gasteiger partial charge is 0.130 e. The zero-order chi connectivity index (χ0) is 15.9. The SMILES string of the molecule is COc1ccc(-c2cccc(NCC(O)CCl)c2)c(OC)c1. The molecule has 2 N–H and O–H groups in total. The number of methoxy groups -OCH3 is 2. The molecule has 0 aromatic heterocycles. The summed E-state index contributed by atoms with van der Waals surface area (Å²) in [6.07, 6.45) is -0.569. The lowest BCUT2D eigenvalue weighted by Gasteiger charge is -2.13. The highest BCUT2D eigenvalue weighted by Gasteiger charge is 2.08. The van der Waals surface area contributed by atoms with Crippen molar-refractivity contribution in [3.05, 3.63) is 42.5 Å². The van der Waals surface area contributed by atoms with Gasteiger partial charge >= 0.3 is 0 Å². The second-order valence-electron chi connectivity index (χ2n) is 4.84. The van der Waals surface area contributed by atoms with E-state index in [9.17, 15) is 5.11 Å². The van der Waals surface area contributed by atoms with Gasteiger partial charge in [0.2, 0.25) is 0 Å². The third-order valence-electron chi connectivity index (χ3n) is 3.30. The Labute approximate surface area is 135 Å². The fraction of sp³-hybridized carbons (Fsp3) is 0.294. The topological polar surface area (TPSA) is 50.7 Å². The quantitative estimate of drug-likeness (QED) is 0.768. The molecule has 2 aromatic carbocycles. The number of ether oxygens (including phenoxy) is 2. The third-order valence-corrected chi connectivity index (χ3v) is 3.66. The van der Waals surface area contributed by atoms with E-state index in [0.717, 1.165) is 28.3 Å². The normalized spacial score (nSPS) is 11.8. The number of hydrogen-bond acceptors (Lipinski definition) is 4. The fourth-order valence-corrected chi connectivity index (χ4v) is 2.23. The summed E-state index contributed by atoms with van der Waals surface area (Å²) in [5, 5.41) is 12.7. The van der Waals surface area contributed by atoms with E-state index < -0.39 is 6.10 Å². The molecule has 2 aromatic rings. The van der Waals surface area contributed by atoms with Crippen LogP contribution < -0.4 is 14.8 Å². The van der Waals surface area contributed by atoms with Crippen molar-refractivity contribution < 1.29 is 14.6 Å². The molecular formula is C17H20ClNO3. The van der Waals surface area contributed by atoms with Crippen LogP contribution in [0.4, 0.5) is 5.69 Å². The van der Waals surface area contributed by atoms with Gasteiger partial charge < -0.3 is 19.9 Å². The van der Waals surface area contributed by atoms with Gasteiger partial charge in [-0.3, -0.25) is 0 Å². The molecule has 0 heterocycles. The van der Waals surface area contributed by atoms with Crippen LogP contribution in [0, 0.1) is 0 Å². The molecule has 4 nitrogen and oxygen atoms in total. The molecule has 0 radical (unpaired) electrons. The molecule has 0 amide bonds. The lowest BCUT2D eigenvalue weighted by molar-refractivity contribution is 0.211. The van der Waals surface area contributed by atoms with Gasteiger partial charge in [-0.05, 0) is 29.8 Å². The molecule has 0 aliphatic heterocycles. The summed E-state index contributed by atoms with van der Waals surface area (Å²) in [6, 6.07) is 13.6. The van der Waals surface area contributed by atoms with Gasteiger partial charge in [-0.1, -0.05) is 12.1 Å². The maximum atomic E-state index is 9.52. The Bertz CT molecular complexity index is 619. The van der Waals surface area contributed by atoms with Crippen LogP contribution in [0.5, 0.6) is 11.5 Å². The van der Waals surface area contributed by atoms with Crippen LogP contribution in [0.2, 0.25) is 0 Å². The first-order valence-electron chi connectivity index (χ1n) is 6.98. The predicted molar refractivity (Wildman–Crippen MR) is 90.2 cm³/mol. The Morgan fingerprint density at radius 1 is 1.14 bits per heavy atom. The minimum Gasteiger partial charge on any atom is -0.497 e. The van der Waals surface area contributed by atoms with Gasteiger partial charge in [-0.15, -0.1) is 11.6 Å². The molecule has 118 valence electrons. The van der Waals surface area contributed by atoms with Crippen LogP contribution in [-0.4, -0.2) is 37.9 Å². The average molecular weight is 322 g/mol. The van der Waals surface area contributed by atoms with E-state index in [4.69, 9.17) is 21.1 Å².